The number of hydrogen-bond acceptors (Lipinski definition) is 7. The average molecular weight is 467 g/mol. The van der Waals surface area contributed by atoms with Crippen LogP contribution in [0.4, 0.5) is 5.13 Å². The first kappa shape index (κ1) is 20.3. The second kappa shape index (κ2) is 7.93. The van der Waals surface area contributed by atoms with Crippen molar-refractivity contribution in [3.8, 4) is 11.6 Å². The highest BCUT2D eigenvalue weighted by molar-refractivity contribution is 7.17. The van der Waals surface area contributed by atoms with E-state index < -0.39 is 5.91 Å². The highest BCUT2D eigenvalue weighted by Gasteiger charge is 2.35. The number of hydrazone groups is 1. The number of nitrogens with zero attached hydrogens (tertiary/aromatic N) is 4. The lowest BCUT2D eigenvalue weighted by Gasteiger charge is -2.21. The summed E-state index contributed by atoms with van der Waals surface area (Å²) >= 11 is 1.18. The predicted octanol–water partition coefficient (Wildman–Crippen LogP) is 3.27. The SMILES string of the molecule is O=C1N=c2ccccc2=C1c1sc(N2N=C(c3ccccc3)CC2c2ccccc2O)nc1O. The molecule has 0 bridgehead atoms. The van der Waals surface area contributed by atoms with Crippen LogP contribution in [0.3, 0.4) is 0 Å². The fraction of sp³-hybridized carbons (Fsp3) is 0.0769. The van der Waals surface area contributed by atoms with E-state index in [1.54, 1.807) is 23.2 Å². The fourth-order valence-corrected chi connectivity index (χ4v) is 5.36. The maximum atomic E-state index is 12.7. The molecular weight excluding hydrogens is 448 g/mol. The Kier molecular flexibility index (Phi) is 4.74. The quantitative estimate of drug-likeness (QED) is 0.481. The Bertz CT molecular complexity index is 1590. The van der Waals surface area contributed by atoms with Gasteiger partial charge in [-0.15, -0.1) is 0 Å². The van der Waals surface area contributed by atoms with Crippen LogP contribution in [0.25, 0.3) is 5.57 Å². The number of thiazole rings is 1. The summed E-state index contributed by atoms with van der Waals surface area (Å²) in [4.78, 5) is 21.5. The first-order valence-corrected chi connectivity index (χ1v) is 11.5. The van der Waals surface area contributed by atoms with E-state index in [1.165, 1.54) is 11.3 Å². The van der Waals surface area contributed by atoms with E-state index in [0.29, 0.717) is 38.1 Å². The third-order valence-corrected chi connectivity index (χ3v) is 7.00. The summed E-state index contributed by atoms with van der Waals surface area (Å²) in [7, 11) is 0. The molecule has 2 aliphatic heterocycles. The van der Waals surface area contributed by atoms with Crippen LogP contribution in [0.5, 0.6) is 11.6 Å². The molecule has 0 aliphatic carbocycles. The number of carbonyl (C=O) groups excluding carboxylic acids is 1. The largest absolute Gasteiger partial charge is 0.508 e. The van der Waals surface area contributed by atoms with E-state index in [4.69, 9.17) is 5.10 Å². The minimum Gasteiger partial charge on any atom is -0.508 e. The average Bonchev–Trinajstić information content (AvgIpc) is 3.54. The van der Waals surface area contributed by atoms with Gasteiger partial charge in [0, 0.05) is 17.2 Å². The number of phenols is 1. The smallest absolute Gasteiger partial charge is 0.279 e. The van der Waals surface area contributed by atoms with Crippen molar-refractivity contribution in [1.82, 2.24) is 4.98 Å². The number of amides is 1. The third-order valence-electron chi connectivity index (χ3n) is 5.94. The van der Waals surface area contributed by atoms with Gasteiger partial charge in [0.2, 0.25) is 11.0 Å². The lowest BCUT2D eigenvalue weighted by Crippen LogP contribution is -2.22. The molecule has 1 unspecified atom stereocenters. The Morgan fingerprint density at radius 2 is 1.65 bits per heavy atom. The second-order valence-corrected chi connectivity index (χ2v) is 8.97. The molecule has 3 aromatic carbocycles. The summed E-state index contributed by atoms with van der Waals surface area (Å²) in [5, 5.41) is 29.5. The van der Waals surface area contributed by atoms with Crippen LogP contribution >= 0.6 is 11.3 Å². The highest BCUT2D eigenvalue weighted by Crippen LogP contribution is 2.44. The monoisotopic (exact) mass is 466 g/mol. The third kappa shape index (κ3) is 3.27. The normalized spacial score (nSPS) is 17.0. The van der Waals surface area contributed by atoms with E-state index in [-0.39, 0.29) is 17.7 Å². The number of rotatable bonds is 4. The van der Waals surface area contributed by atoms with Crippen molar-refractivity contribution in [1.29, 1.82) is 0 Å². The van der Waals surface area contributed by atoms with E-state index in [0.717, 1.165) is 11.3 Å². The summed E-state index contributed by atoms with van der Waals surface area (Å²) in [5.74, 6) is -0.482. The number of aromatic hydroxyl groups is 2. The summed E-state index contributed by atoms with van der Waals surface area (Å²) < 4.78 is 0. The van der Waals surface area contributed by atoms with Crippen LogP contribution in [0.2, 0.25) is 0 Å². The van der Waals surface area contributed by atoms with Gasteiger partial charge >= 0.3 is 0 Å². The van der Waals surface area contributed by atoms with Crippen molar-refractivity contribution < 1.29 is 15.0 Å². The fourth-order valence-electron chi connectivity index (χ4n) is 4.35. The minimum absolute atomic E-state index is 0.163. The van der Waals surface area contributed by atoms with Crippen LogP contribution in [-0.2, 0) is 4.79 Å². The van der Waals surface area contributed by atoms with Gasteiger partial charge < -0.3 is 10.2 Å². The molecule has 4 aromatic rings. The van der Waals surface area contributed by atoms with Crippen LogP contribution < -0.4 is 15.6 Å². The number of phenolic OH excluding ortho intramolecular Hbond substituents is 1. The van der Waals surface area contributed by atoms with E-state index in [2.05, 4.69) is 9.98 Å². The molecule has 2 N–H and O–H groups in total. The van der Waals surface area contributed by atoms with Gasteiger partial charge in [0.1, 0.15) is 10.6 Å². The maximum absolute atomic E-state index is 12.7. The van der Waals surface area contributed by atoms with E-state index in [1.807, 2.05) is 60.7 Å². The predicted molar refractivity (Wildman–Crippen MR) is 129 cm³/mol. The number of carbonyl (C=O) groups is 1. The first-order chi connectivity index (χ1) is 16.6. The molecule has 6 rings (SSSR count). The van der Waals surface area contributed by atoms with Gasteiger partial charge in [0.05, 0.1) is 22.7 Å². The molecule has 34 heavy (non-hydrogen) atoms. The Labute approximate surface area is 198 Å². The molecule has 1 amide bonds. The van der Waals surface area contributed by atoms with Gasteiger partial charge in [-0.1, -0.05) is 78.1 Å². The van der Waals surface area contributed by atoms with Crippen molar-refractivity contribution in [2.45, 2.75) is 12.5 Å². The Hall–Kier alpha value is -4.30. The van der Waals surface area contributed by atoms with Gasteiger partial charge in [-0.2, -0.15) is 10.1 Å². The molecule has 0 spiro atoms. The number of hydrogen-bond donors (Lipinski definition) is 2. The molecule has 166 valence electrons. The molecule has 1 atom stereocenters. The van der Waals surface area contributed by atoms with Crippen LogP contribution in [0, 0.1) is 0 Å². The van der Waals surface area contributed by atoms with E-state index in [9.17, 15) is 15.0 Å². The summed E-state index contributed by atoms with van der Waals surface area (Å²) in [6.07, 6.45) is 0.547. The summed E-state index contributed by atoms with van der Waals surface area (Å²) in [6, 6.07) is 23.9. The molecule has 3 heterocycles. The lowest BCUT2D eigenvalue weighted by atomic mass is 9.98. The number of anilines is 1. The standard InChI is InChI=1S/C26H18N4O3S/c31-21-13-7-5-11-17(21)20-14-19(15-8-2-1-3-9-15)29-30(20)26-28-25(33)23(34-26)22-16-10-4-6-12-18(16)27-24(22)32/h1-13,20,31,33H,14H2. The zero-order valence-corrected chi connectivity index (χ0v) is 18.6. The molecule has 0 saturated heterocycles. The van der Waals surface area contributed by atoms with Gasteiger partial charge in [0.15, 0.2) is 0 Å². The molecular formula is C26H18N4O3S. The Morgan fingerprint density at radius 1 is 0.912 bits per heavy atom. The van der Waals surface area contributed by atoms with Crippen LogP contribution in [-0.4, -0.2) is 26.8 Å². The van der Waals surface area contributed by atoms with Crippen molar-refractivity contribution in [2.75, 3.05) is 5.01 Å². The summed E-state index contributed by atoms with van der Waals surface area (Å²) in [5.41, 5.74) is 2.86. The zero-order chi connectivity index (χ0) is 23.2. The first-order valence-electron chi connectivity index (χ1n) is 10.7. The van der Waals surface area contributed by atoms with Crippen molar-refractivity contribution in [2.24, 2.45) is 10.1 Å². The van der Waals surface area contributed by atoms with Crippen molar-refractivity contribution in [3.05, 3.63) is 105 Å². The number of aromatic nitrogens is 1. The molecule has 0 radical (unpaired) electrons. The Balaban J connectivity index is 1.49. The number of fused-ring (bicyclic) bond motifs is 1. The molecule has 7 nitrogen and oxygen atoms in total. The molecule has 2 aliphatic rings. The van der Waals surface area contributed by atoms with Crippen LogP contribution in [0.1, 0.15) is 28.5 Å². The maximum Gasteiger partial charge on any atom is 0.279 e. The minimum atomic E-state index is -0.404. The van der Waals surface area contributed by atoms with Gasteiger partial charge in [-0.3, -0.25) is 4.79 Å². The molecule has 0 saturated carbocycles. The van der Waals surface area contributed by atoms with Crippen molar-refractivity contribution in [3.63, 3.8) is 0 Å². The lowest BCUT2D eigenvalue weighted by molar-refractivity contribution is -0.112. The van der Waals surface area contributed by atoms with Gasteiger partial charge in [-0.25, -0.2) is 10.0 Å². The van der Waals surface area contributed by atoms with Gasteiger partial charge in [-0.05, 0) is 17.7 Å². The van der Waals surface area contributed by atoms with Crippen molar-refractivity contribution >= 4 is 33.7 Å². The van der Waals surface area contributed by atoms with Gasteiger partial charge in [0.25, 0.3) is 5.91 Å². The van der Waals surface area contributed by atoms with Crippen LogP contribution in [0.15, 0.2) is 89.0 Å². The Morgan fingerprint density at radius 3 is 2.47 bits per heavy atom. The molecule has 1 aromatic heterocycles. The zero-order valence-electron chi connectivity index (χ0n) is 17.8. The number of benzene rings is 3. The molecule has 8 heteroatoms. The second-order valence-electron chi connectivity index (χ2n) is 7.99. The highest BCUT2D eigenvalue weighted by atomic mass is 32.1. The topological polar surface area (TPSA) is 98.4 Å². The summed E-state index contributed by atoms with van der Waals surface area (Å²) in [6.45, 7) is 0. The van der Waals surface area contributed by atoms with E-state index >= 15 is 0 Å². The molecule has 0 fully saturated rings. The number of para-hydroxylation sites is 2.